The lowest BCUT2D eigenvalue weighted by Gasteiger charge is -2.15. The van der Waals surface area contributed by atoms with Gasteiger partial charge in [-0.3, -0.25) is 20.0 Å². The van der Waals surface area contributed by atoms with E-state index >= 15 is 0 Å². The van der Waals surface area contributed by atoms with Gasteiger partial charge in [0.05, 0.1) is 10.5 Å². The number of fused-ring (bicyclic) bond motifs is 1. The highest BCUT2D eigenvalue weighted by atomic mass is 35.5. The summed E-state index contributed by atoms with van der Waals surface area (Å²) in [6.07, 6.45) is 4.23. The minimum Gasteiger partial charge on any atom is -0.439 e. The lowest BCUT2D eigenvalue weighted by molar-refractivity contribution is 0.0864. The van der Waals surface area contributed by atoms with Gasteiger partial charge in [-0.1, -0.05) is 11.6 Å². The average Bonchev–Trinajstić information content (AvgIpc) is 3.37. The monoisotopic (exact) mass is 426 g/mol. The summed E-state index contributed by atoms with van der Waals surface area (Å²) < 4.78 is 5.94. The van der Waals surface area contributed by atoms with Crippen molar-refractivity contribution in [3.05, 3.63) is 52.8 Å². The molecular weight excluding hydrogens is 404 g/mol. The van der Waals surface area contributed by atoms with Gasteiger partial charge < -0.3 is 15.5 Å². The molecule has 1 saturated heterocycles. The van der Waals surface area contributed by atoms with Crippen LogP contribution in [0.4, 0.5) is 0 Å². The summed E-state index contributed by atoms with van der Waals surface area (Å²) >= 11 is 6.41. The van der Waals surface area contributed by atoms with E-state index in [1.165, 1.54) is 19.9 Å². The lowest BCUT2D eigenvalue weighted by Crippen LogP contribution is -2.38. The Balaban J connectivity index is 1.56. The molecule has 0 aliphatic carbocycles. The summed E-state index contributed by atoms with van der Waals surface area (Å²) in [5, 5.41) is 8.54. The second kappa shape index (κ2) is 8.33. The van der Waals surface area contributed by atoms with Gasteiger partial charge in [-0.25, -0.2) is 4.98 Å². The molecule has 3 heterocycles. The van der Waals surface area contributed by atoms with Crippen molar-refractivity contribution < 1.29 is 9.53 Å². The summed E-state index contributed by atoms with van der Waals surface area (Å²) in [6, 6.07) is 9.02. The second-order valence-corrected chi connectivity index (χ2v) is 7.79. The van der Waals surface area contributed by atoms with Crippen LogP contribution >= 0.6 is 11.6 Å². The fourth-order valence-corrected chi connectivity index (χ4v) is 3.82. The van der Waals surface area contributed by atoms with Crippen LogP contribution < -0.4 is 10.5 Å². The quantitative estimate of drug-likeness (QED) is 0.426. The molecule has 4 rings (SSSR count). The number of halogens is 1. The number of rotatable bonds is 5. The molecule has 1 aromatic carbocycles. The molecular formula is C21H23ClN6O2. The maximum Gasteiger partial charge on any atom is 0.276 e. The molecule has 1 aliphatic heterocycles. The number of hydrogen-bond acceptors (Lipinski definition) is 5. The van der Waals surface area contributed by atoms with Crippen molar-refractivity contribution >= 4 is 34.4 Å². The molecule has 0 unspecified atom stereocenters. The average molecular weight is 427 g/mol. The largest absolute Gasteiger partial charge is 0.439 e. The first-order valence-corrected chi connectivity index (χ1v) is 10.1. The minimum absolute atomic E-state index is 0.285. The van der Waals surface area contributed by atoms with Crippen molar-refractivity contribution in [2.24, 2.45) is 5.73 Å². The number of hydrogen-bond donors (Lipinski definition) is 3. The normalized spacial score (nSPS) is 14.2. The van der Waals surface area contributed by atoms with Crippen LogP contribution in [0.3, 0.4) is 0 Å². The van der Waals surface area contributed by atoms with Crippen molar-refractivity contribution in [1.29, 1.82) is 5.41 Å². The Bertz CT molecular complexity index is 1110. The van der Waals surface area contributed by atoms with Crippen LogP contribution in [0.25, 0.3) is 10.9 Å². The molecule has 156 valence electrons. The summed E-state index contributed by atoms with van der Waals surface area (Å²) in [5.41, 5.74) is 7.47. The number of benzene rings is 1. The van der Waals surface area contributed by atoms with E-state index in [1.807, 2.05) is 12.1 Å². The summed E-state index contributed by atoms with van der Waals surface area (Å²) in [5.74, 6) is 0.238. The molecule has 0 bridgehead atoms. The molecule has 1 aliphatic rings. The van der Waals surface area contributed by atoms with Crippen molar-refractivity contribution in [2.45, 2.75) is 19.4 Å². The van der Waals surface area contributed by atoms with Gasteiger partial charge in [0.2, 0.25) is 5.88 Å². The topological polar surface area (TPSA) is 111 Å². The zero-order valence-electron chi connectivity index (χ0n) is 16.6. The van der Waals surface area contributed by atoms with Crippen LogP contribution in [-0.4, -0.2) is 51.8 Å². The molecule has 9 heteroatoms. The molecule has 1 amide bonds. The molecule has 0 saturated carbocycles. The molecule has 0 spiro atoms. The standard InChI is InChI=1S/C21H23ClN6O2/c1-27(21(23)24)20(29)18-11-15-16(22)9-14(10-17(15)26-18)30-19-8-13(4-5-25-19)12-28-6-2-3-7-28/h4-5,8-11,26H,2-3,6-7,12H2,1H3,(H3,23,24). The highest BCUT2D eigenvalue weighted by Gasteiger charge is 2.18. The Morgan fingerprint density at radius 1 is 1.33 bits per heavy atom. The third-order valence-electron chi connectivity index (χ3n) is 5.18. The van der Waals surface area contributed by atoms with Gasteiger partial charge in [0.1, 0.15) is 11.4 Å². The highest BCUT2D eigenvalue weighted by molar-refractivity contribution is 6.35. The maximum absolute atomic E-state index is 12.4. The van der Waals surface area contributed by atoms with E-state index in [0.717, 1.165) is 30.1 Å². The smallest absolute Gasteiger partial charge is 0.276 e. The van der Waals surface area contributed by atoms with E-state index in [9.17, 15) is 4.79 Å². The Labute approximate surface area is 179 Å². The molecule has 1 fully saturated rings. The van der Waals surface area contributed by atoms with Crippen LogP contribution in [0.15, 0.2) is 36.5 Å². The van der Waals surface area contributed by atoms with Crippen molar-refractivity contribution in [1.82, 2.24) is 19.8 Å². The maximum atomic E-state index is 12.4. The summed E-state index contributed by atoms with van der Waals surface area (Å²) in [7, 11) is 1.44. The van der Waals surface area contributed by atoms with Crippen molar-refractivity contribution in [2.75, 3.05) is 20.1 Å². The van der Waals surface area contributed by atoms with Gasteiger partial charge in [0.25, 0.3) is 5.91 Å². The highest BCUT2D eigenvalue weighted by Crippen LogP contribution is 2.32. The Morgan fingerprint density at radius 3 is 2.83 bits per heavy atom. The van der Waals surface area contributed by atoms with E-state index in [1.54, 1.807) is 24.4 Å². The van der Waals surface area contributed by atoms with E-state index in [0.29, 0.717) is 27.6 Å². The molecule has 0 atom stereocenters. The van der Waals surface area contributed by atoms with E-state index in [4.69, 9.17) is 27.5 Å². The van der Waals surface area contributed by atoms with Crippen LogP contribution in [0.1, 0.15) is 28.9 Å². The number of aromatic amines is 1. The minimum atomic E-state index is -0.423. The van der Waals surface area contributed by atoms with Crippen LogP contribution in [0.5, 0.6) is 11.6 Å². The fraction of sp³-hybridized carbons (Fsp3) is 0.286. The zero-order valence-corrected chi connectivity index (χ0v) is 17.4. The Hall–Kier alpha value is -3.10. The molecule has 8 nitrogen and oxygen atoms in total. The first-order valence-electron chi connectivity index (χ1n) is 9.70. The Kier molecular flexibility index (Phi) is 5.61. The number of pyridine rings is 1. The first-order chi connectivity index (χ1) is 14.4. The number of H-pyrrole nitrogens is 1. The van der Waals surface area contributed by atoms with Crippen molar-refractivity contribution in [3.8, 4) is 11.6 Å². The fourth-order valence-electron chi connectivity index (χ4n) is 3.56. The number of likely N-dealkylation sites (tertiary alicyclic amines) is 1. The van der Waals surface area contributed by atoms with E-state index in [-0.39, 0.29) is 11.7 Å². The first kappa shape index (κ1) is 20.2. The number of carbonyl (C=O) groups is 1. The van der Waals surface area contributed by atoms with Gasteiger partial charge in [-0.05, 0) is 43.6 Å². The predicted octanol–water partition coefficient (Wildman–Crippen LogP) is 3.57. The number of guanidine groups is 1. The lowest BCUT2D eigenvalue weighted by atomic mass is 10.2. The second-order valence-electron chi connectivity index (χ2n) is 7.39. The molecule has 4 N–H and O–H groups in total. The number of amides is 1. The van der Waals surface area contributed by atoms with Gasteiger partial charge in [-0.15, -0.1) is 0 Å². The van der Waals surface area contributed by atoms with E-state index < -0.39 is 5.91 Å². The summed E-state index contributed by atoms with van der Waals surface area (Å²) in [6.45, 7) is 3.12. The van der Waals surface area contributed by atoms with Gasteiger partial charge in [0.15, 0.2) is 5.96 Å². The number of aromatic nitrogens is 2. The number of nitrogens with one attached hydrogen (secondary N) is 2. The molecule has 3 aromatic rings. The Morgan fingerprint density at radius 2 is 2.10 bits per heavy atom. The zero-order chi connectivity index (χ0) is 21.3. The van der Waals surface area contributed by atoms with Gasteiger partial charge in [-0.2, -0.15) is 0 Å². The SMILES string of the molecule is CN(C(=N)N)C(=O)c1cc2c(Cl)cc(Oc3cc(CN4CCCC4)ccn3)cc2[nH]1. The number of nitrogens with two attached hydrogens (primary N) is 1. The van der Waals surface area contributed by atoms with E-state index in [2.05, 4.69) is 14.9 Å². The predicted molar refractivity (Wildman–Crippen MR) is 116 cm³/mol. The van der Waals surface area contributed by atoms with Crippen LogP contribution in [0, 0.1) is 5.41 Å². The molecule has 30 heavy (non-hydrogen) atoms. The van der Waals surface area contributed by atoms with Crippen LogP contribution in [-0.2, 0) is 6.54 Å². The number of ether oxygens (including phenoxy) is 1. The van der Waals surface area contributed by atoms with Gasteiger partial charge in [0, 0.05) is 43.4 Å². The molecule has 2 aromatic heterocycles. The summed E-state index contributed by atoms with van der Waals surface area (Å²) in [4.78, 5) is 23.2. The molecule has 0 radical (unpaired) electrons. The third-order valence-corrected chi connectivity index (χ3v) is 5.50. The van der Waals surface area contributed by atoms with Crippen LogP contribution in [0.2, 0.25) is 5.02 Å². The third kappa shape index (κ3) is 4.24. The number of nitrogens with zero attached hydrogens (tertiary/aromatic N) is 3. The van der Waals surface area contributed by atoms with Crippen molar-refractivity contribution in [3.63, 3.8) is 0 Å². The number of carbonyl (C=O) groups excluding carboxylic acids is 1. The van der Waals surface area contributed by atoms with Gasteiger partial charge >= 0.3 is 0 Å².